The van der Waals surface area contributed by atoms with Gasteiger partial charge in [0.05, 0.1) is 20.8 Å². The Hall–Kier alpha value is -4.33. The highest BCUT2D eigenvalue weighted by Crippen LogP contribution is 2.35. The molecule has 36 heavy (non-hydrogen) atoms. The molecule has 8 heteroatoms. The van der Waals surface area contributed by atoms with Crippen molar-refractivity contribution < 1.29 is 23.9 Å². The standard InChI is InChI=1S/C28H29N3O5/c1-19-9-8-12-22(15-19)30(17-20-10-6-5-7-11-20)25(32)18-31-26(33)28(2,29-27(31)34)21-13-14-23(35-3)24(16-21)36-4/h5-16H,17-18H2,1-4H3,(H,29,34). The van der Waals surface area contributed by atoms with Crippen molar-refractivity contribution in [1.29, 1.82) is 0 Å². The molecule has 1 heterocycles. The van der Waals surface area contributed by atoms with Gasteiger partial charge in [-0.25, -0.2) is 4.79 Å². The summed E-state index contributed by atoms with van der Waals surface area (Å²) in [6.45, 7) is 3.47. The Morgan fingerprint density at radius 1 is 0.944 bits per heavy atom. The third-order valence-corrected chi connectivity index (χ3v) is 6.33. The van der Waals surface area contributed by atoms with Crippen LogP contribution >= 0.6 is 0 Å². The van der Waals surface area contributed by atoms with Gasteiger partial charge in [0.2, 0.25) is 5.91 Å². The van der Waals surface area contributed by atoms with Crippen LogP contribution in [0.1, 0.15) is 23.6 Å². The fraction of sp³-hybridized carbons (Fsp3) is 0.250. The lowest BCUT2D eigenvalue weighted by atomic mass is 9.91. The molecule has 4 rings (SSSR count). The SMILES string of the molecule is COc1ccc(C2(C)NC(=O)N(CC(=O)N(Cc3ccccc3)c3cccc(C)c3)C2=O)cc1OC. The molecule has 0 aromatic heterocycles. The molecule has 0 radical (unpaired) electrons. The first-order chi connectivity index (χ1) is 17.3. The lowest BCUT2D eigenvalue weighted by Crippen LogP contribution is -2.44. The zero-order valence-electron chi connectivity index (χ0n) is 20.8. The summed E-state index contributed by atoms with van der Waals surface area (Å²) in [5.41, 5.74) is 1.78. The summed E-state index contributed by atoms with van der Waals surface area (Å²) in [5.74, 6) is 0.0473. The van der Waals surface area contributed by atoms with Crippen LogP contribution in [0.4, 0.5) is 10.5 Å². The number of amides is 4. The second kappa shape index (κ2) is 10.1. The largest absolute Gasteiger partial charge is 0.493 e. The monoisotopic (exact) mass is 487 g/mol. The summed E-state index contributed by atoms with van der Waals surface area (Å²) in [6, 6.07) is 21.5. The molecule has 4 amide bonds. The third-order valence-electron chi connectivity index (χ3n) is 6.33. The van der Waals surface area contributed by atoms with Gasteiger partial charge in [-0.3, -0.25) is 14.5 Å². The topological polar surface area (TPSA) is 88.2 Å². The molecule has 3 aromatic carbocycles. The minimum atomic E-state index is -1.36. The first-order valence-electron chi connectivity index (χ1n) is 11.5. The lowest BCUT2D eigenvalue weighted by molar-refractivity contribution is -0.134. The first kappa shape index (κ1) is 24.8. The number of aryl methyl sites for hydroxylation is 1. The molecule has 0 aliphatic carbocycles. The maximum Gasteiger partial charge on any atom is 0.325 e. The number of carbonyl (C=O) groups is 3. The summed E-state index contributed by atoms with van der Waals surface area (Å²) in [6.07, 6.45) is 0. The molecule has 0 bridgehead atoms. The molecule has 0 saturated carbocycles. The number of nitrogens with one attached hydrogen (secondary N) is 1. The number of nitrogens with zero attached hydrogens (tertiary/aromatic N) is 2. The van der Waals surface area contributed by atoms with E-state index in [0.717, 1.165) is 16.0 Å². The van der Waals surface area contributed by atoms with Crippen LogP contribution in [0.25, 0.3) is 0 Å². The second-order valence-corrected chi connectivity index (χ2v) is 8.82. The second-order valence-electron chi connectivity index (χ2n) is 8.82. The lowest BCUT2D eigenvalue weighted by Gasteiger charge is -2.26. The van der Waals surface area contributed by atoms with Crippen LogP contribution in [0.15, 0.2) is 72.8 Å². The van der Waals surface area contributed by atoms with E-state index in [0.29, 0.717) is 29.3 Å². The van der Waals surface area contributed by atoms with E-state index in [1.807, 2.05) is 61.5 Å². The van der Waals surface area contributed by atoms with Gasteiger partial charge >= 0.3 is 6.03 Å². The maximum atomic E-state index is 13.6. The molecular formula is C28H29N3O5. The van der Waals surface area contributed by atoms with Crippen molar-refractivity contribution in [3.8, 4) is 11.5 Å². The quantitative estimate of drug-likeness (QED) is 0.485. The minimum Gasteiger partial charge on any atom is -0.493 e. The predicted octanol–water partition coefficient (Wildman–Crippen LogP) is 4.01. The molecule has 1 atom stereocenters. The van der Waals surface area contributed by atoms with Crippen LogP contribution < -0.4 is 19.7 Å². The van der Waals surface area contributed by atoms with Crippen molar-refractivity contribution in [2.24, 2.45) is 0 Å². The van der Waals surface area contributed by atoms with Gasteiger partial charge in [-0.1, -0.05) is 48.5 Å². The van der Waals surface area contributed by atoms with E-state index in [2.05, 4.69) is 5.32 Å². The van der Waals surface area contributed by atoms with Crippen LogP contribution in [-0.2, 0) is 21.7 Å². The molecule has 3 aromatic rings. The van der Waals surface area contributed by atoms with Crippen LogP contribution in [0.2, 0.25) is 0 Å². The third kappa shape index (κ3) is 4.75. The normalized spacial score (nSPS) is 17.1. The molecule has 1 N–H and O–H groups in total. The molecule has 186 valence electrons. The van der Waals surface area contributed by atoms with Gasteiger partial charge in [-0.15, -0.1) is 0 Å². The highest BCUT2D eigenvalue weighted by molar-refractivity contribution is 6.10. The van der Waals surface area contributed by atoms with Crippen molar-refractivity contribution in [2.45, 2.75) is 25.9 Å². The minimum absolute atomic E-state index is 0.305. The summed E-state index contributed by atoms with van der Waals surface area (Å²) in [7, 11) is 3.01. The number of imide groups is 1. The summed E-state index contributed by atoms with van der Waals surface area (Å²) >= 11 is 0. The zero-order valence-corrected chi connectivity index (χ0v) is 20.8. The van der Waals surface area contributed by atoms with E-state index in [-0.39, 0.29) is 5.91 Å². The van der Waals surface area contributed by atoms with Crippen LogP contribution in [0.3, 0.4) is 0 Å². The van der Waals surface area contributed by atoms with E-state index in [4.69, 9.17) is 9.47 Å². The average Bonchev–Trinajstić information content (AvgIpc) is 3.11. The zero-order chi connectivity index (χ0) is 25.9. The number of hydrogen-bond donors (Lipinski definition) is 1. The average molecular weight is 488 g/mol. The maximum absolute atomic E-state index is 13.6. The van der Waals surface area contributed by atoms with E-state index >= 15 is 0 Å². The van der Waals surface area contributed by atoms with Gasteiger partial charge in [0.25, 0.3) is 5.91 Å². The Bertz CT molecular complexity index is 1290. The molecule has 1 fully saturated rings. The number of hydrogen-bond acceptors (Lipinski definition) is 5. The van der Waals surface area contributed by atoms with Gasteiger partial charge in [-0.2, -0.15) is 0 Å². The Morgan fingerprint density at radius 2 is 1.67 bits per heavy atom. The molecule has 1 aliphatic heterocycles. The molecule has 1 unspecified atom stereocenters. The Morgan fingerprint density at radius 3 is 2.33 bits per heavy atom. The van der Waals surface area contributed by atoms with Crippen LogP contribution in [0, 0.1) is 6.92 Å². The van der Waals surface area contributed by atoms with Gasteiger partial charge in [0.15, 0.2) is 11.5 Å². The number of anilines is 1. The van der Waals surface area contributed by atoms with Gasteiger partial charge in [-0.05, 0) is 54.8 Å². The molecular weight excluding hydrogens is 458 g/mol. The first-order valence-corrected chi connectivity index (χ1v) is 11.5. The molecule has 1 aliphatic rings. The molecule has 0 spiro atoms. The fourth-order valence-corrected chi connectivity index (χ4v) is 4.29. The fourth-order valence-electron chi connectivity index (χ4n) is 4.29. The van der Waals surface area contributed by atoms with E-state index in [1.54, 1.807) is 30.0 Å². The number of methoxy groups -OCH3 is 2. The molecule has 1 saturated heterocycles. The van der Waals surface area contributed by atoms with Crippen LogP contribution in [0.5, 0.6) is 11.5 Å². The number of rotatable bonds is 8. The van der Waals surface area contributed by atoms with E-state index in [1.165, 1.54) is 14.2 Å². The number of benzene rings is 3. The van der Waals surface area contributed by atoms with Crippen molar-refractivity contribution in [1.82, 2.24) is 10.2 Å². The van der Waals surface area contributed by atoms with Gasteiger partial charge < -0.3 is 19.7 Å². The summed E-state index contributed by atoms with van der Waals surface area (Å²) in [4.78, 5) is 42.5. The van der Waals surface area contributed by atoms with Gasteiger partial charge in [0, 0.05) is 5.69 Å². The van der Waals surface area contributed by atoms with Gasteiger partial charge in [0.1, 0.15) is 12.1 Å². The Kier molecular flexibility index (Phi) is 6.96. The van der Waals surface area contributed by atoms with E-state index < -0.39 is 24.0 Å². The van der Waals surface area contributed by atoms with Crippen molar-refractivity contribution in [3.63, 3.8) is 0 Å². The number of ether oxygens (including phenoxy) is 2. The molecule has 8 nitrogen and oxygen atoms in total. The van der Waals surface area contributed by atoms with Crippen molar-refractivity contribution >= 4 is 23.5 Å². The smallest absolute Gasteiger partial charge is 0.325 e. The van der Waals surface area contributed by atoms with Crippen molar-refractivity contribution in [2.75, 3.05) is 25.7 Å². The van der Waals surface area contributed by atoms with Crippen molar-refractivity contribution in [3.05, 3.63) is 89.5 Å². The number of carbonyl (C=O) groups excluding carboxylic acids is 3. The highest BCUT2D eigenvalue weighted by atomic mass is 16.5. The van der Waals surface area contributed by atoms with Crippen LogP contribution in [-0.4, -0.2) is 43.5 Å². The van der Waals surface area contributed by atoms with E-state index in [9.17, 15) is 14.4 Å². The number of urea groups is 1. The summed E-state index contributed by atoms with van der Waals surface area (Å²) in [5, 5.41) is 2.75. The predicted molar refractivity (Wildman–Crippen MR) is 136 cm³/mol. The Balaban J connectivity index is 1.61. The Labute approximate surface area is 210 Å². The summed E-state index contributed by atoms with van der Waals surface area (Å²) < 4.78 is 10.6. The highest BCUT2D eigenvalue weighted by Gasteiger charge is 2.50.